The van der Waals surface area contributed by atoms with E-state index in [-0.39, 0.29) is 11.9 Å². The quantitative estimate of drug-likeness (QED) is 0.593. The predicted molar refractivity (Wildman–Crippen MR) is 40.2 cm³/mol. The summed E-state index contributed by atoms with van der Waals surface area (Å²) in [6.45, 7) is 1.92. The van der Waals surface area contributed by atoms with Crippen LogP contribution in [0.1, 0.15) is 19.8 Å². The highest BCUT2D eigenvalue weighted by molar-refractivity contribution is 5.23. The molecule has 0 radical (unpaired) electrons. The van der Waals surface area contributed by atoms with Crippen molar-refractivity contribution in [1.29, 1.82) is 0 Å². The second-order valence-electron chi connectivity index (χ2n) is 2.64. The molecule has 0 aromatic heterocycles. The Kier molecular flexibility index (Phi) is 2.22. The van der Waals surface area contributed by atoms with Gasteiger partial charge in [0.05, 0.1) is 0 Å². The molecular weight excluding hydrogens is 129 g/mol. The zero-order valence-corrected chi connectivity index (χ0v) is 6.10. The summed E-state index contributed by atoms with van der Waals surface area (Å²) in [5.41, 5.74) is 6.73. The van der Waals surface area contributed by atoms with Gasteiger partial charge in [0.1, 0.15) is 5.83 Å². The molecule has 0 aliphatic heterocycles. The monoisotopic (exact) mass is 141 g/mol. The highest BCUT2D eigenvalue weighted by Gasteiger charge is 2.07. The molecule has 56 valence electrons. The Morgan fingerprint density at radius 3 is 2.60 bits per heavy atom. The van der Waals surface area contributed by atoms with E-state index in [0.29, 0.717) is 6.42 Å². The van der Waals surface area contributed by atoms with Gasteiger partial charge in [0.15, 0.2) is 0 Å². The Balaban J connectivity index is 2.64. The largest absolute Gasteiger partial charge is 0.324 e. The summed E-state index contributed by atoms with van der Waals surface area (Å²) in [5, 5.41) is 0. The Bertz CT molecular complexity index is 180. The lowest BCUT2D eigenvalue weighted by Crippen LogP contribution is -2.18. The van der Waals surface area contributed by atoms with Crippen molar-refractivity contribution in [2.24, 2.45) is 5.73 Å². The summed E-state index contributed by atoms with van der Waals surface area (Å²) in [6, 6.07) is 0.0735. The third kappa shape index (κ3) is 1.67. The molecule has 0 bridgehead atoms. The molecule has 0 saturated carbocycles. The van der Waals surface area contributed by atoms with E-state index in [1.807, 2.05) is 6.92 Å². The first-order chi connectivity index (χ1) is 4.70. The molecule has 0 saturated heterocycles. The first-order valence-corrected chi connectivity index (χ1v) is 3.51. The van der Waals surface area contributed by atoms with E-state index < -0.39 is 0 Å². The van der Waals surface area contributed by atoms with Gasteiger partial charge in [0, 0.05) is 12.5 Å². The molecule has 1 atom stereocenters. The van der Waals surface area contributed by atoms with Gasteiger partial charge in [0.25, 0.3) is 0 Å². The molecular formula is C8H12FN. The van der Waals surface area contributed by atoms with Crippen LogP contribution in [-0.4, -0.2) is 6.04 Å². The van der Waals surface area contributed by atoms with E-state index in [9.17, 15) is 4.39 Å². The van der Waals surface area contributed by atoms with Gasteiger partial charge in [-0.2, -0.15) is 0 Å². The predicted octanol–water partition coefficient (Wildman–Crippen LogP) is 1.91. The third-order valence-electron chi connectivity index (χ3n) is 1.72. The minimum Gasteiger partial charge on any atom is -0.324 e. The van der Waals surface area contributed by atoms with E-state index >= 15 is 0 Å². The lowest BCUT2D eigenvalue weighted by Gasteiger charge is -2.12. The Labute approximate surface area is 60.4 Å². The Morgan fingerprint density at radius 2 is 2.20 bits per heavy atom. The van der Waals surface area contributed by atoms with Gasteiger partial charge < -0.3 is 5.73 Å². The average Bonchev–Trinajstić information content (AvgIpc) is 1.88. The number of hydrogen-bond donors (Lipinski definition) is 1. The van der Waals surface area contributed by atoms with Crippen molar-refractivity contribution in [3.63, 3.8) is 0 Å². The summed E-state index contributed by atoms with van der Waals surface area (Å²) in [5.74, 6) is -0.0376. The van der Waals surface area contributed by atoms with Gasteiger partial charge in [-0.25, -0.2) is 4.39 Å². The fourth-order valence-electron chi connectivity index (χ4n) is 1.01. The first-order valence-electron chi connectivity index (χ1n) is 3.51. The molecule has 0 fully saturated rings. The summed E-state index contributed by atoms with van der Waals surface area (Å²) < 4.78 is 12.4. The van der Waals surface area contributed by atoms with Crippen LogP contribution < -0.4 is 5.73 Å². The zero-order chi connectivity index (χ0) is 7.56. The van der Waals surface area contributed by atoms with E-state index in [0.717, 1.165) is 12.0 Å². The molecule has 0 spiro atoms. The lowest BCUT2D eigenvalue weighted by atomic mass is 9.99. The van der Waals surface area contributed by atoms with Crippen LogP contribution in [0.3, 0.4) is 0 Å². The number of nitrogens with two attached hydrogens (primary N) is 1. The molecule has 2 heteroatoms. The molecule has 0 unspecified atom stereocenters. The second kappa shape index (κ2) is 2.97. The first kappa shape index (κ1) is 7.48. The molecule has 1 rings (SSSR count). The van der Waals surface area contributed by atoms with Gasteiger partial charge >= 0.3 is 0 Å². The zero-order valence-electron chi connectivity index (χ0n) is 6.10. The molecule has 0 heterocycles. The van der Waals surface area contributed by atoms with Crippen molar-refractivity contribution in [3.8, 4) is 0 Å². The topological polar surface area (TPSA) is 26.0 Å². The molecule has 0 aromatic rings. The van der Waals surface area contributed by atoms with Crippen molar-refractivity contribution >= 4 is 0 Å². The van der Waals surface area contributed by atoms with Crippen LogP contribution in [0.2, 0.25) is 0 Å². The summed E-state index contributed by atoms with van der Waals surface area (Å²) >= 11 is 0. The van der Waals surface area contributed by atoms with E-state index in [4.69, 9.17) is 5.73 Å². The molecule has 10 heavy (non-hydrogen) atoms. The van der Waals surface area contributed by atoms with Crippen LogP contribution >= 0.6 is 0 Å². The molecule has 0 aromatic carbocycles. The summed E-state index contributed by atoms with van der Waals surface area (Å²) in [7, 11) is 0. The number of halogens is 1. The van der Waals surface area contributed by atoms with Gasteiger partial charge in [-0.3, -0.25) is 0 Å². The normalized spacial score (nSPS) is 21.5. The maximum Gasteiger partial charge on any atom is 0.100 e. The molecule has 1 aliphatic carbocycles. The number of allylic oxidation sites excluding steroid dienone is 3. The van der Waals surface area contributed by atoms with Crippen molar-refractivity contribution in [2.45, 2.75) is 25.8 Å². The second-order valence-corrected chi connectivity index (χ2v) is 2.64. The fraction of sp³-hybridized carbons (Fsp3) is 0.500. The van der Waals surface area contributed by atoms with E-state index in [2.05, 4.69) is 0 Å². The van der Waals surface area contributed by atoms with Crippen molar-refractivity contribution in [2.75, 3.05) is 0 Å². The van der Waals surface area contributed by atoms with Crippen LogP contribution in [0.5, 0.6) is 0 Å². The highest BCUT2D eigenvalue weighted by atomic mass is 19.1. The maximum absolute atomic E-state index is 12.4. The standard InChI is InChI=1S/C8H12FN/c1-6(10)7-2-4-8(9)5-3-7/h2,4,6H,3,5,10H2,1H3/t6-/m0/s1. The van der Waals surface area contributed by atoms with Crippen LogP contribution in [0.4, 0.5) is 4.39 Å². The van der Waals surface area contributed by atoms with Gasteiger partial charge in [-0.05, 0) is 19.4 Å². The highest BCUT2D eigenvalue weighted by Crippen LogP contribution is 2.20. The molecule has 1 nitrogen and oxygen atoms in total. The van der Waals surface area contributed by atoms with E-state index in [1.54, 1.807) is 6.08 Å². The SMILES string of the molecule is C[C@H](N)C1=CC=C(F)CC1. The minimum atomic E-state index is -0.0376. The Hall–Kier alpha value is -0.630. The van der Waals surface area contributed by atoms with Crippen molar-refractivity contribution in [3.05, 3.63) is 23.6 Å². The third-order valence-corrected chi connectivity index (χ3v) is 1.72. The minimum absolute atomic E-state index is 0.0376. The number of rotatable bonds is 1. The van der Waals surface area contributed by atoms with Gasteiger partial charge in [-0.1, -0.05) is 11.6 Å². The Morgan fingerprint density at radius 1 is 1.50 bits per heavy atom. The molecule has 0 amide bonds. The molecule has 1 aliphatic rings. The van der Waals surface area contributed by atoms with Gasteiger partial charge in [0.2, 0.25) is 0 Å². The summed E-state index contributed by atoms with van der Waals surface area (Å²) in [6.07, 6.45) is 4.58. The number of hydrogen-bond acceptors (Lipinski definition) is 1. The maximum atomic E-state index is 12.4. The van der Waals surface area contributed by atoms with Crippen LogP contribution in [0, 0.1) is 0 Å². The van der Waals surface area contributed by atoms with E-state index in [1.165, 1.54) is 6.08 Å². The van der Waals surface area contributed by atoms with Crippen LogP contribution in [0.15, 0.2) is 23.6 Å². The van der Waals surface area contributed by atoms with Crippen molar-refractivity contribution in [1.82, 2.24) is 0 Å². The van der Waals surface area contributed by atoms with Gasteiger partial charge in [-0.15, -0.1) is 0 Å². The van der Waals surface area contributed by atoms with Crippen LogP contribution in [-0.2, 0) is 0 Å². The van der Waals surface area contributed by atoms with Crippen molar-refractivity contribution < 1.29 is 4.39 Å². The van der Waals surface area contributed by atoms with Crippen LogP contribution in [0.25, 0.3) is 0 Å². The smallest absolute Gasteiger partial charge is 0.100 e. The lowest BCUT2D eigenvalue weighted by molar-refractivity contribution is 0.573. The molecule has 2 N–H and O–H groups in total. The summed E-state index contributed by atoms with van der Waals surface area (Å²) in [4.78, 5) is 0. The fourth-order valence-corrected chi connectivity index (χ4v) is 1.01. The average molecular weight is 141 g/mol.